The Morgan fingerprint density at radius 3 is 2.50 bits per heavy atom. The topological polar surface area (TPSA) is 84.1 Å². The van der Waals surface area contributed by atoms with E-state index < -0.39 is 0 Å². The average molecular weight is 378 g/mol. The van der Waals surface area contributed by atoms with Crippen molar-refractivity contribution in [1.29, 1.82) is 0 Å². The van der Waals surface area contributed by atoms with Crippen LogP contribution in [0, 0.1) is 5.92 Å². The summed E-state index contributed by atoms with van der Waals surface area (Å²) in [6, 6.07) is 4.02. The zero-order valence-corrected chi connectivity index (χ0v) is 16.6. The molecule has 0 bridgehead atoms. The third-order valence-corrected chi connectivity index (χ3v) is 5.47. The van der Waals surface area contributed by atoms with Crippen LogP contribution in [0.2, 0.25) is 0 Å². The lowest BCUT2D eigenvalue weighted by Crippen LogP contribution is -2.50. The predicted octanol–water partition coefficient (Wildman–Crippen LogP) is 2.64. The van der Waals surface area contributed by atoms with Crippen LogP contribution in [0.3, 0.4) is 0 Å². The van der Waals surface area contributed by atoms with Crippen LogP contribution in [0.4, 0.5) is 11.8 Å². The average Bonchev–Trinajstić information content (AvgIpc) is 3.38. The normalized spacial score (nSPS) is 17.8. The molecule has 28 heavy (non-hydrogen) atoms. The number of nitrogens with zero attached hydrogens (tertiary/aromatic N) is 7. The molecule has 3 aromatic heterocycles. The molecule has 1 aliphatic heterocycles. The molecule has 0 atom stereocenters. The van der Waals surface area contributed by atoms with Crippen molar-refractivity contribution in [1.82, 2.24) is 29.8 Å². The molecule has 5 rings (SSSR count). The van der Waals surface area contributed by atoms with Gasteiger partial charge in [-0.2, -0.15) is 4.52 Å². The van der Waals surface area contributed by atoms with Gasteiger partial charge in [0.25, 0.3) is 0 Å². The molecule has 146 valence electrons. The van der Waals surface area contributed by atoms with E-state index in [9.17, 15) is 0 Å². The number of hydrogen-bond donors (Lipinski definition) is 1. The monoisotopic (exact) mass is 378 g/mol. The van der Waals surface area contributed by atoms with Crippen LogP contribution in [0.15, 0.2) is 24.5 Å². The molecule has 0 unspecified atom stereocenters. The summed E-state index contributed by atoms with van der Waals surface area (Å²) >= 11 is 0. The summed E-state index contributed by atoms with van der Waals surface area (Å²) in [4.78, 5) is 11.2. The Balaban J connectivity index is 1.19. The Morgan fingerprint density at radius 2 is 1.82 bits per heavy atom. The molecular formula is C20H26N8. The van der Waals surface area contributed by atoms with Gasteiger partial charge in [0.05, 0.1) is 0 Å². The molecule has 1 saturated heterocycles. The van der Waals surface area contributed by atoms with Gasteiger partial charge in [-0.1, -0.05) is 20.8 Å². The summed E-state index contributed by atoms with van der Waals surface area (Å²) in [7, 11) is 0. The molecular weight excluding hydrogens is 352 g/mol. The van der Waals surface area contributed by atoms with E-state index in [0.717, 1.165) is 42.9 Å². The Morgan fingerprint density at radius 1 is 1.07 bits per heavy atom. The number of rotatable bonds is 5. The number of aromatic nitrogens is 6. The fourth-order valence-electron chi connectivity index (χ4n) is 3.59. The van der Waals surface area contributed by atoms with Crippen molar-refractivity contribution < 1.29 is 0 Å². The highest BCUT2D eigenvalue weighted by molar-refractivity contribution is 5.48. The molecule has 0 radical (unpaired) electrons. The molecule has 8 nitrogen and oxygen atoms in total. The van der Waals surface area contributed by atoms with E-state index in [-0.39, 0.29) is 5.41 Å². The lowest BCUT2D eigenvalue weighted by molar-refractivity contribution is 0.423. The van der Waals surface area contributed by atoms with Gasteiger partial charge < -0.3 is 10.2 Å². The first-order valence-corrected chi connectivity index (χ1v) is 10.0. The van der Waals surface area contributed by atoms with E-state index in [2.05, 4.69) is 51.2 Å². The summed E-state index contributed by atoms with van der Waals surface area (Å²) < 4.78 is 1.87. The molecule has 0 spiro atoms. The van der Waals surface area contributed by atoms with Crippen LogP contribution in [0.5, 0.6) is 0 Å². The standard InChI is InChI=1S/C20H26N8/c1-20(2,3)18-25-24-16-6-7-17(26-28(16)18)27-11-13(12-27)8-21-19-22-9-15(10-23-19)14-4-5-14/h6-7,9-10,13-14H,4-5,8,11-12H2,1-3H3,(H,21,22,23). The smallest absolute Gasteiger partial charge is 0.222 e. The van der Waals surface area contributed by atoms with E-state index in [1.165, 1.54) is 18.4 Å². The fraction of sp³-hybridized carbons (Fsp3) is 0.550. The maximum atomic E-state index is 4.78. The predicted molar refractivity (Wildman–Crippen MR) is 108 cm³/mol. The molecule has 2 fully saturated rings. The zero-order chi connectivity index (χ0) is 19.3. The van der Waals surface area contributed by atoms with Crippen LogP contribution in [0.1, 0.15) is 50.9 Å². The lowest BCUT2D eigenvalue weighted by atomic mass is 9.96. The molecule has 2 aliphatic rings. The van der Waals surface area contributed by atoms with Gasteiger partial charge in [-0.15, -0.1) is 15.3 Å². The van der Waals surface area contributed by atoms with Gasteiger partial charge >= 0.3 is 0 Å². The van der Waals surface area contributed by atoms with E-state index in [0.29, 0.717) is 11.8 Å². The molecule has 0 aromatic carbocycles. The van der Waals surface area contributed by atoms with Gasteiger partial charge in [0, 0.05) is 43.4 Å². The summed E-state index contributed by atoms with van der Waals surface area (Å²) in [6.45, 7) is 9.20. The second-order valence-corrected chi connectivity index (χ2v) is 9.00. The highest BCUT2D eigenvalue weighted by atomic mass is 15.4. The minimum Gasteiger partial charge on any atom is -0.354 e. The minimum absolute atomic E-state index is 0.0957. The van der Waals surface area contributed by atoms with Crippen molar-refractivity contribution in [2.24, 2.45) is 5.92 Å². The summed E-state index contributed by atoms with van der Waals surface area (Å²) in [5.74, 6) is 3.84. The van der Waals surface area contributed by atoms with Gasteiger partial charge in [-0.3, -0.25) is 0 Å². The van der Waals surface area contributed by atoms with Crippen LogP contribution in [-0.2, 0) is 5.41 Å². The third-order valence-electron chi connectivity index (χ3n) is 5.47. The van der Waals surface area contributed by atoms with Crippen molar-refractivity contribution >= 4 is 17.4 Å². The van der Waals surface area contributed by atoms with E-state index in [4.69, 9.17) is 5.10 Å². The van der Waals surface area contributed by atoms with Crippen molar-refractivity contribution in [2.45, 2.75) is 44.9 Å². The van der Waals surface area contributed by atoms with Crippen molar-refractivity contribution in [3.05, 3.63) is 35.9 Å². The van der Waals surface area contributed by atoms with Gasteiger partial charge in [0.2, 0.25) is 5.95 Å². The first-order chi connectivity index (χ1) is 13.5. The molecule has 8 heteroatoms. The quantitative estimate of drug-likeness (QED) is 0.730. The van der Waals surface area contributed by atoms with Crippen LogP contribution >= 0.6 is 0 Å². The molecule has 3 aromatic rings. The van der Waals surface area contributed by atoms with Crippen LogP contribution < -0.4 is 10.2 Å². The van der Waals surface area contributed by atoms with E-state index >= 15 is 0 Å². The SMILES string of the molecule is CC(C)(C)c1nnc2ccc(N3CC(CNc4ncc(C5CC5)cn4)C3)nn12. The maximum absolute atomic E-state index is 4.78. The Bertz CT molecular complexity index is 978. The van der Waals surface area contributed by atoms with E-state index in [1.807, 2.05) is 29.0 Å². The van der Waals surface area contributed by atoms with Gasteiger partial charge in [-0.05, 0) is 36.5 Å². The molecule has 0 amide bonds. The molecule has 1 aliphatic carbocycles. The van der Waals surface area contributed by atoms with Crippen molar-refractivity contribution in [3.8, 4) is 0 Å². The van der Waals surface area contributed by atoms with Crippen LogP contribution in [-0.4, -0.2) is 49.4 Å². The number of anilines is 2. The maximum Gasteiger partial charge on any atom is 0.222 e. The Labute approximate surface area is 164 Å². The van der Waals surface area contributed by atoms with E-state index in [1.54, 1.807) is 0 Å². The Hall–Kier alpha value is -2.77. The van der Waals surface area contributed by atoms with Crippen molar-refractivity contribution in [2.75, 3.05) is 29.9 Å². The zero-order valence-electron chi connectivity index (χ0n) is 16.6. The number of nitrogens with one attached hydrogen (secondary N) is 1. The summed E-state index contributed by atoms with van der Waals surface area (Å²) in [5.41, 5.74) is 1.96. The van der Waals surface area contributed by atoms with Crippen LogP contribution in [0.25, 0.3) is 5.65 Å². The molecule has 1 saturated carbocycles. The van der Waals surface area contributed by atoms with Gasteiger partial charge in [-0.25, -0.2) is 9.97 Å². The Kier molecular flexibility index (Phi) is 3.96. The highest BCUT2D eigenvalue weighted by Gasteiger charge is 2.29. The summed E-state index contributed by atoms with van der Waals surface area (Å²) in [5, 5.41) is 16.7. The molecule has 4 heterocycles. The first kappa shape index (κ1) is 17.3. The van der Waals surface area contributed by atoms with Gasteiger partial charge in [0.15, 0.2) is 11.5 Å². The highest BCUT2D eigenvalue weighted by Crippen LogP contribution is 2.39. The second kappa shape index (κ2) is 6.39. The fourth-order valence-corrected chi connectivity index (χ4v) is 3.59. The largest absolute Gasteiger partial charge is 0.354 e. The minimum atomic E-state index is -0.0957. The molecule has 1 N–H and O–H groups in total. The lowest BCUT2D eigenvalue weighted by Gasteiger charge is -2.40. The first-order valence-electron chi connectivity index (χ1n) is 10.0. The summed E-state index contributed by atoms with van der Waals surface area (Å²) in [6.07, 6.45) is 6.48. The van der Waals surface area contributed by atoms with Crippen molar-refractivity contribution in [3.63, 3.8) is 0 Å². The number of hydrogen-bond acceptors (Lipinski definition) is 7. The van der Waals surface area contributed by atoms with Gasteiger partial charge in [0.1, 0.15) is 5.82 Å². The third kappa shape index (κ3) is 3.27. The second-order valence-electron chi connectivity index (χ2n) is 9.00. The number of fused-ring (bicyclic) bond motifs is 1.